The molecular formula is C24H23F3N4O4. The molecule has 1 saturated heterocycles. The van der Waals surface area contributed by atoms with Crippen molar-refractivity contribution in [2.45, 2.75) is 44.6 Å². The van der Waals surface area contributed by atoms with Crippen molar-refractivity contribution < 1.29 is 32.3 Å². The van der Waals surface area contributed by atoms with E-state index in [1.54, 1.807) is 24.3 Å². The number of alkyl halides is 3. The molecular weight excluding hydrogens is 465 g/mol. The molecule has 0 bridgehead atoms. The molecule has 2 aromatic carbocycles. The second kappa shape index (κ2) is 9.32. The zero-order valence-electron chi connectivity index (χ0n) is 18.7. The smallest absolute Gasteiger partial charge is 0.406 e. The molecule has 1 fully saturated rings. The predicted octanol–water partition coefficient (Wildman–Crippen LogP) is 4.66. The van der Waals surface area contributed by atoms with Crippen LogP contribution in [-0.4, -0.2) is 45.8 Å². The average Bonchev–Trinajstić information content (AvgIpc) is 3.34. The average molecular weight is 488 g/mol. The van der Waals surface area contributed by atoms with Gasteiger partial charge in [-0.15, -0.1) is 13.2 Å². The normalized spacial score (nSPS) is 18.0. The van der Waals surface area contributed by atoms with Crippen LogP contribution in [0.3, 0.4) is 0 Å². The van der Waals surface area contributed by atoms with Gasteiger partial charge in [0, 0.05) is 24.0 Å². The third kappa shape index (κ3) is 5.23. The Kier molecular flexibility index (Phi) is 6.42. The van der Waals surface area contributed by atoms with Crippen molar-refractivity contribution in [2.75, 3.05) is 5.32 Å². The van der Waals surface area contributed by atoms with Crippen LogP contribution in [0.4, 0.5) is 28.4 Å². The van der Waals surface area contributed by atoms with E-state index in [9.17, 15) is 27.6 Å². The Morgan fingerprint density at radius 2 is 1.86 bits per heavy atom. The highest BCUT2D eigenvalue weighted by Gasteiger charge is 2.39. The van der Waals surface area contributed by atoms with E-state index < -0.39 is 30.2 Å². The molecule has 0 spiro atoms. The van der Waals surface area contributed by atoms with Crippen LogP contribution in [0.25, 0.3) is 10.9 Å². The summed E-state index contributed by atoms with van der Waals surface area (Å²) in [4.78, 5) is 39.5. The van der Waals surface area contributed by atoms with E-state index in [1.165, 1.54) is 27.8 Å². The Labute approximate surface area is 198 Å². The first-order chi connectivity index (χ1) is 16.5. The number of anilines is 1. The first kappa shape index (κ1) is 24.1. The summed E-state index contributed by atoms with van der Waals surface area (Å²) in [5.41, 5.74) is 6.67. The molecule has 0 saturated carbocycles. The molecule has 0 radical (unpaired) electrons. The van der Waals surface area contributed by atoms with Gasteiger partial charge in [-0.05, 0) is 43.5 Å². The third-order valence-electron chi connectivity index (χ3n) is 5.98. The zero-order chi connectivity index (χ0) is 25.3. The molecule has 3 aromatic rings. The maximum atomic E-state index is 13.2. The van der Waals surface area contributed by atoms with E-state index in [0.717, 1.165) is 12.1 Å². The van der Waals surface area contributed by atoms with Crippen molar-refractivity contribution in [1.82, 2.24) is 9.47 Å². The monoisotopic (exact) mass is 488 g/mol. The van der Waals surface area contributed by atoms with Crippen molar-refractivity contribution in [3.63, 3.8) is 0 Å². The van der Waals surface area contributed by atoms with Crippen LogP contribution in [-0.2, 0) is 11.2 Å². The van der Waals surface area contributed by atoms with Crippen LogP contribution in [0, 0.1) is 0 Å². The van der Waals surface area contributed by atoms with Crippen molar-refractivity contribution in [1.29, 1.82) is 0 Å². The highest BCUT2D eigenvalue weighted by Crippen LogP contribution is 2.30. The number of hydrogen-bond donors (Lipinski definition) is 2. The van der Waals surface area contributed by atoms with Gasteiger partial charge in [-0.25, -0.2) is 9.59 Å². The van der Waals surface area contributed by atoms with Crippen molar-refractivity contribution >= 4 is 34.4 Å². The Morgan fingerprint density at radius 1 is 1.11 bits per heavy atom. The summed E-state index contributed by atoms with van der Waals surface area (Å²) in [5, 5.41) is 3.38. The number of carbonyl (C=O) groups excluding carboxylic acids is 3. The van der Waals surface area contributed by atoms with Crippen LogP contribution in [0.5, 0.6) is 5.75 Å². The summed E-state index contributed by atoms with van der Waals surface area (Å²) in [7, 11) is 0. The van der Waals surface area contributed by atoms with E-state index in [2.05, 4.69) is 10.1 Å². The van der Waals surface area contributed by atoms with Gasteiger partial charge >= 0.3 is 18.4 Å². The van der Waals surface area contributed by atoms with Crippen LogP contribution in [0.15, 0.2) is 54.7 Å². The van der Waals surface area contributed by atoms with Gasteiger partial charge in [-0.1, -0.05) is 30.3 Å². The first-order valence-electron chi connectivity index (χ1n) is 10.9. The fraction of sp³-hybridized carbons (Fsp3) is 0.292. The van der Waals surface area contributed by atoms with Gasteiger partial charge in [0.25, 0.3) is 0 Å². The largest absolute Gasteiger partial charge is 0.573 e. The highest BCUT2D eigenvalue weighted by molar-refractivity contribution is 6.05. The zero-order valence-corrected chi connectivity index (χ0v) is 18.7. The number of Topliss-reactive ketones (excluding diaryl/α,β-unsaturated/α-hetero) is 1. The Hall–Kier alpha value is -4.02. The lowest BCUT2D eigenvalue weighted by molar-refractivity contribution is -0.274. The minimum absolute atomic E-state index is 0.156. The van der Waals surface area contributed by atoms with Gasteiger partial charge in [-0.3, -0.25) is 9.36 Å². The van der Waals surface area contributed by atoms with Crippen molar-refractivity contribution in [3.8, 4) is 5.75 Å². The molecule has 3 N–H and O–H groups in total. The summed E-state index contributed by atoms with van der Waals surface area (Å²) >= 11 is 0. The molecule has 1 aromatic heterocycles. The second-order valence-corrected chi connectivity index (χ2v) is 8.39. The van der Waals surface area contributed by atoms with Gasteiger partial charge in [0.2, 0.25) is 0 Å². The maximum Gasteiger partial charge on any atom is 0.573 e. The topological polar surface area (TPSA) is 107 Å². The molecule has 2 atom stereocenters. The summed E-state index contributed by atoms with van der Waals surface area (Å²) in [6.45, 7) is 1.82. The van der Waals surface area contributed by atoms with E-state index in [1.807, 2.05) is 6.92 Å². The standard InChI is InChI=1S/C24H23F3N4O4/c1-14-9-10-20(21(32)12-15-5-4-6-16(11-15)35-24(25,26)27)31(14)23(34)29-18-13-30(22(28)33)19-8-3-2-7-17(18)19/h2-8,11,13-14,20H,9-10,12H2,1H3,(H2,28,33)(H,29,34)/t14-,20+/m1/s1. The minimum atomic E-state index is -4.84. The molecule has 4 rings (SSSR count). The number of ketones is 1. The van der Waals surface area contributed by atoms with Gasteiger partial charge in [0.15, 0.2) is 5.78 Å². The van der Waals surface area contributed by atoms with Gasteiger partial charge in [0.1, 0.15) is 5.75 Å². The van der Waals surface area contributed by atoms with E-state index >= 15 is 0 Å². The van der Waals surface area contributed by atoms with Crippen LogP contribution in [0.1, 0.15) is 25.3 Å². The molecule has 1 aliphatic rings. The summed E-state index contributed by atoms with van der Waals surface area (Å²) in [6.07, 6.45) is -2.55. The third-order valence-corrected chi connectivity index (χ3v) is 5.98. The maximum absolute atomic E-state index is 13.2. The number of ether oxygens (including phenoxy) is 1. The number of urea groups is 1. The number of hydrogen-bond acceptors (Lipinski definition) is 4. The van der Waals surface area contributed by atoms with Gasteiger partial charge in [-0.2, -0.15) is 0 Å². The summed E-state index contributed by atoms with van der Waals surface area (Å²) < 4.78 is 42.7. The molecule has 184 valence electrons. The lowest BCUT2D eigenvalue weighted by Crippen LogP contribution is -2.46. The molecule has 11 heteroatoms. The number of benzene rings is 2. The molecule has 35 heavy (non-hydrogen) atoms. The number of carbonyl (C=O) groups is 3. The number of nitrogens with one attached hydrogen (secondary N) is 1. The number of halogens is 3. The summed E-state index contributed by atoms with van der Waals surface area (Å²) in [6, 6.07) is 9.92. The SMILES string of the molecule is C[C@@H]1CC[C@@H](C(=O)Cc2cccc(OC(F)(F)F)c2)N1C(=O)Nc1cn(C(N)=O)c2ccccc12. The number of primary amides is 1. The molecule has 1 aliphatic heterocycles. The first-order valence-corrected chi connectivity index (χ1v) is 10.9. The van der Waals surface area contributed by atoms with E-state index in [4.69, 9.17) is 5.73 Å². The number of para-hydroxylation sites is 1. The van der Waals surface area contributed by atoms with Crippen LogP contribution >= 0.6 is 0 Å². The molecule has 2 heterocycles. The number of rotatable bonds is 5. The Bertz CT molecular complexity index is 1290. The number of likely N-dealkylation sites (tertiary alicyclic amines) is 1. The quantitative estimate of drug-likeness (QED) is 0.545. The lowest BCUT2D eigenvalue weighted by atomic mass is 10.0. The minimum Gasteiger partial charge on any atom is -0.406 e. The van der Waals surface area contributed by atoms with E-state index in [0.29, 0.717) is 35.0 Å². The molecule has 0 unspecified atom stereocenters. The predicted molar refractivity (Wildman–Crippen MR) is 122 cm³/mol. The number of nitrogens with two attached hydrogens (primary N) is 1. The summed E-state index contributed by atoms with van der Waals surface area (Å²) in [5.74, 6) is -0.712. The fourth-order valence-electron chi connectivity index (χ4n) is 4.46. The number of amides is 3. The van der Waals surface area contributed by atoms with E-state index in [-0.39, 0.29) is 18.2 Å². The number of aromatic nitrogens is 1. The van der Waals surface area contributed by atoms with Crippen molar-refractivity contribution in [3.05, 3.63) is 60.3 Å². The number of nitrogens with zero attached hydrogens (tertiary/aromatic N) is 2. The Morgan fingerprint density at radius 3 is 2.57 bits per heavy atom. The molecule has 8 nitrogen and oxygen atoms in total. The fourth-order valence-corrected chi connectivity index (χ4v) is 4.46. The van der Waals surface area contributed by atoms with Crippen molar-refractivity contribution in [2.24, 2.45) is 5.73 Å². The highest BCUT2D eigenvalue weighted by atomic mass is 19.4. The molecule has 0 aliphatic carbocycles. The number of fused-ring (bicyclic) bond motifs is 1. The van der Waals surface area contributed by atoms with Gasteiger partial charge in [0.05, 0.1) is 17.2 Å². The Balaban J connectivity index is 1.52. The van der Waals surface area contributed by atoms with Crippen LogP contribution < -0.4 is 15.8 Å². The van der Waals surface area contributed by atoms with Gasteiger partial charge < -0.3 is 20.7 Å². The molecule has 3 amide bonds. The second-order valence-electron chi connectivity index (χ2n) is 8.39. The lowest BCUT2D eigenvalue weighted by Gasteiger charge is -2.28. The van der Waals surface area contributed by atoms with Crippen LogP contribution in [0.2, 0.25) is 0 Å².